The fraction of sp³-hybridized carbons (Fsp3) is 0.484. The topological polar surface area (TPSA) is 85.3 Å². The first-order chi connectivity index (χ1) is 20.7. The highest BCUT2D eigenvalue weighted by Crippen LogP contribution is 2.55. The summed E-state index contributed by atoms with van der Waals surface area (Å²) in [6.07, 6.45) is 6.36. The normalized spacial score (nSPS) is 20.0. The maximum Gasteiger partial charge on any atom is 0.387 e. The fourth-order valence-electron chi connectivity index (χ4n) is 5.08. The predicted octanol–water partition coefficient (Wildman–Crippen LogP) is 7.58. The Bertz CT molecular complexity index is 1350. The SMILES string of the molecule is CCOC(=O)C1(c2ccc(OC(F)F)c(OCC3CC3)c2)C=C(OCC)C(OCC)=C(OCC)C1c1c(Cl)cncc1Cl. The zero-order valence-corrected chi connectivity index (χ0v) is 26.0. The second-order valence-corrected chi connectivity index (χ2v) is 10.6. The maximum absolute atomic E-state index is 14.4. The number of allylic oxidation sites excluding steroid dienone is 1. The molecule has 2 atom stereocenters. The molecule has 0 N–H and O–H groups in total. The van der Waals surface area contributed by atoms with Crippen molar-refractivity contribution in [3.63, 3.8) is 0 Å². The van der Waals surface area contributed by atoms with Crippen LogP contribution in [0.5, 0.6) is 11.5 Å². The van der Waals surface area contributed by atoms with Crippen molar-refractivity contribution < 1.29 is 42.0 Å². The molecule has 12 heteroatoms. The maximum atomic E-state index is 14.4. The first kappa shape index (κ1) is 32.7. The summed E-state index contributed by atoms with van der Waals surface area (Å²) < 4.78 is 61.5. The highest BCUT2D eigenvalue weighted by molar-refractivity contribution is 6.36. The number of carbonyl (C=O) groups excluding carboxylic acids is 1. The lowest BCUT2D eigenvalue weighted by Gasteiger charge is -2.42. The van der Waals surface area contributed by atoms with Crippen LogP contribution in [0.15, 0.2) is 53.9 Å². The molecule has 0 bridgehead atoms. The number of alkyl halides is 2. The van der Waals surface area contributed by atoms with Crippen molar-refractivity contribution in [2.24, 2.45) is 5.92 Å². The number of aromatic nitrogens is 1. The summed E-state index contributed by atoms with van der Waals surface area (Å²) in [6.45, 7) is 5.00. The van der Waals surface area contributed by atoms with Crippen molar-refractivity contribution in [1.29, 1.82) is 0 Å². The minimum Gasteiger partial charge on any atom is -0.493 e. The van der Waals surface area contributed by atoms with Crippen LogP contribution in [0.3, 0.4) is 0 Å². The predicted molar refractivity (Wildman–Crippen MR) is 157 cm³/mol. The van der Waals surface area contributed by atoms with E-state index < -0.39 is 23.9 Å². The van der Waals surface area contributed by atoms with E-state index in [0.29, 0.717) is 23.7 Å². The zero-order chi connectivity index (χ0) is 31.1. The molecule has 2 aromatic rings. The Morgan fingerprint density at radius 2 is 1.63 bits per heavy atom. The van der Waals surface area contributed by atoms with Crippen LogP contribution in [0.25, 0.3) is 0 Å². The van der Waals surface area contributed by atoms with Gasteiger partial charge < -0.3 is 28.4 Å². The molecular formula is C31H35Cl2F2NO7. The van der Waals surface area contributed by atoms with E-state index in [0.717, 1.165) is 12.8 Å². The lowest BCUT2D eigenvalue weighted by Crippen LogP contribution is -2.46. The summed E-state index contributed by atoms with van der Waals surface area (Å²) in [5, 5.41) is 0.325. The highest BCUT2D eigenvalue weighted by atomic mass is 35.5. The van der Waals surface area contributed by atoms with Crippen LogP contribution in [0.4, 0.5) is 8.78 Å². The molecule has 2 aliphatic carbocycles. The van der Waals surface area contributed by atoms with Crippen LogP contribution >= 0.6 is 23.2 Å². The van der Waals surface area contributed by atoms with Gasteiger partial charge in [-0.1, -0.05) is 29.3 Å². The van der Waals surface area contributed by atoms with Crippen LogP contribution in [0.1, 0.15) is 57.6 Å². The number of ether oxygens (including phenoxy) is 6. The molecule has 0 spiro atoms. The van der Waals surface area contributed by atoms with E-state index >= 15 is 0 Å². The number of esters is 1. The molecule has 43 heavy (non-hydrogen) atoms. The Labute approximate surface area is 259 Å². The van der Waals surface area contributed by atoms with Gasteiger partial charge in [-0.2, -0.15) is 8.78 Å². The van der Waals surface area contributed by atoms with Gasteiger partial charge in [-0.05, 0) is 70.2 Å². The minimum atomic E-state index is -3.09. The number of benzene rings is 1. The zero-order valence-electron chi connectivity index (χ0n) is 24.5. The Morgan fingerprint density at radius 1 is 0.953 bits per heavy atom. The second-order valence-electron chi connectivity index (χ2n) is 9.83. The molecule has 0 aliphatic heterocycles. The van der Waals surface area contributed by atoms with Crippen molar-refractivity contribution in [3.8, 4) is 11.5 Å². The molecule has 2 aliphatic rings. The molecule has 4 rings (SSSR count). The molecule has 8 nitrogen and oxygen atoms in total. The van der Waals surface area contributed by atoms with Gasteiger partial charge in [0.25, 0.3) is 0 Å². The Hall–Kier alpha value is -3.24. The van der Waals surface area contributed by atoms with Crippen LogP contribution < -0.4 is 9.47 Å². The summed E-state index contributed by atoms with van der Waals surface area (Å²) in [6, 6.07) is 4.35. The van der Waals surface area contributed by atoms with Crippen molar-refractivity contribution in [2.45, 2.75) is 58.5 Å². The van der Waals surface area contributed by atoms with Crippen molar-refractivity contribution in [3.05, 3.63) is 75.1 Å². The summed E-state index contributed by atoms with van der Waals surface area (Å²) in [5.74, 6) is -0.840. The number of nitrogens with zero attached hydrogens (tertiary/aromatic N) is 1. The Morgan fingerprint density at radius 3 is 2.21 bits per heavy atom. The third-order valence-electron chi connectivity index (χ3n) is 7.01. The molecule has 2 unspecified atom stereocenters. The number of hydrogen-bond donors (Lipinski definition) is 0. The molecule has 1 saturated carbocycles. The molecule has 0 radical (unpaired) electrons. The van der Waals surface area contributed by atoms with Crippen molar-refractivity contribution in [1.82, 2.24) is 4.98 Å². The summed E-state index contributed by atoms with van der Waals surface area (Å²) in [4.78, 5) is 18.5. The van der Waals surface area contributed by atoms with Gasteiger partial charge in [-0.3, -0.25) is 9.78 Å². The van der Waals surface area contributed by atoms with Crippen LogP contribution in [0.2, 0.25) is 10.0 Å². The van der Waals surface area contributed by atoms with E-state index in [-0.39, 0.29) is 65.2 Å². The number of hydrogen-bond acceptors (Lipinski definition) is 8. The van der Waals surface area contributed by atoms with Gasteiger partial charge in [0.1, 0.15) is 5.41 Å². The smallest absolute Gasteiger partial charge is 0.387 e. The number of carbonyl (C=O) groups is 1. The third-order valence-corrected chi connectivity index (χ3v) is 7.62. The largest absolute Gasteiger partial charge is 0.493 e. The molecule has 1 aromatic heterocycles. The molecule has 1 fully saturated rings. The van der Waals surface area contributed by atoms with E-state index in [9.17, 15) is 13.6 Å². The third kappa shape index (κ3) is 6.96. The summed E-state index contributed by atoms with van der Waals surface area (Å²) in [5.41, 5.74) is -1.11. The lowest BCUT2D eigenvalue weighted by molar-refractivity contribution is -0.149. The Kier molecular flexibility index (Phi) is 11.0. The van der Waals surface area contributed by atoms with E-state index in [1.54, 1.807) is 33.8 Å². The van der Waals surface area contributed by atoms with Crippen LogP contribution in [0, 0.1) is 5.92 Å². The quantitative estimate of drug-likeness (QED) is 0.184. The van der Waals surface area contributed by atoms with Gasteiger partial charge in [0.05, 0.1) is 49.0 Å². The molecule has 1 heterocycles. The first-order valence-corrected chi connectivity index (χ1v) is 15.0. The van der Waals surface area contributed by atoms with E-state index in [1.165, 1.54) is 30.6 Å². The van der Waals surface area contributed by atoms with Gasteiger partial charge >= 0.3 is 12.6 Å². The second kappa shape index (κ2) is 14.5. The van der Waals surface area contributed by atoms with Gasteiger partial charge in [0.2, 0.25) is 0 Å². The van der Waals surface area contributed by atoms with Gasteiger partial charge in [0.15, 0.2) is 28.8 Å². The molecular weight excluding hydrogens is 607 g/mol. The van der Waals surface area contributed by atoms with E-state index in [2.05, 4.69) is 4.98 Å². The summed E-state index contributed by atoms with van der Waals surface area (Å²) in [7, 11) is 0. The van der Waals surface area contributed by atoms with Crippen LogP contribution in [-0.4, -0.2) is 50.6 Å². The molecule has 0 saturated heterocycles. The number of pyridine rings is 1. The minimum absolute atomic E-state index is 0.0343. The fourth-order valence-corrected chi connectivity index (χ4v) is 5.67. The molecule has 0 amide bonds. The van der Waals surface area contributed by atoms with Gasteiger partial charge in [0, 0.05) is 18.0 Å². The first-order valence-electron chi connectivity index (χ1n) is 14.3. The van der Waals surface area contributed by atoms with Gasteiger partial charge in [-0.15, -0.1) is 0 Å². The number of halogens is 4. The summed E-state index contributed by atoms with van der Waals surface area (Å²) >= 11 is 13.5. The lowest BCUT2D eigenvalue weighted by atomic mass is 9.64. The molecule has 234 valence electrons. The van der Waals surface area contributed by atoms with Gasteiger partial charge in [-0.25, -0.2) is 0 Å². The monoisotopic (exact) mass is 641 g/mol. The van der Waals surface area contributed by atoms with Crippen molar-refractivity contribution in [2.75, 3.05) is 33.0 Å². The average molecular weight is 643 g/mol. The Balaban J connectivity index is 2.09. The van der Waals surface area contributed by atoms with E-state index in [1.807, 2.05) is 0 Å². The molecule has 1 aromatic carbocycles. The standard InChI is InChI=1S/C31H35Cl2F2NO7/c1-5-38-24-14-31(29(37)41-8-4,19-11-12-22(43-30(34)35)23(13-19)42-17-18-9-10-18)26(25-20(32)15-36-16-21(25)33)28(40-7-3)27(24)39-6-2/h11-16,18,26,30H,5-10,17H2,1-4H3. The van der Waals surface area contributed by atoms with Crippen LogP contribution in [-0.2, 0) is 29.2 Å². The van der Waals surface area contributed by atoms with Crippen molar-refractivity contribution >= 4 is 29.2 Å². The number of rotatable bonds is 15. The average Bonchev–Trinajstić information content (AvgIpc) is 3.79. The highest BCUT2D eigenvalue weighted by Gasteiger charge is 2.56. The van der Waals surface area contributed by atoms with E-state index in [4.69, 9.17) is 51.6 Å².